The van der Waals surface area contributed by atoms with Gasteiger partial charge < -0.3 is 10.1 Å². The summed E-state index contributed by atoms with van der Waals surface area (Å²) in [7, 11) is 0. The summed E-state index contributed by atoms with van der Waals surface area (Å²) >= 11 is 0. The number of ether oxygens (including phenoxy) is 1. The van der Waals surface area contributed by atoms with Crippen LogP contribution in [-0.4, -0.2) is 24.2 Å². The van der Waals surface area contributed by atoms with Gasteiger partial charge in [0.25, 0.3) is 0 Å². The van der Waals surface area contributed by atoms with Crippen molar-refractivity contribution in [3.8, 4) is 0 Å². The maximum Gasteiger partial charge on any atom is 0.325 e. The molecule has 0 saturated carbocycles. The number of esters is 1. The summed E-state index contributed by atoms with van der Waals surface area (Å²) in [6, 6.07) is 0.282. The maximum absolute atomic E-state index is 11.5. The molecule has 0 spiro atoms. The molecule has 0 aromatic heterocycles. The van der Waals surface area contributed by atoms with Gasteiger partial charge in [0.05, 0.1) is 6.61 Å². The standard InChI is InChI=1S/C10H21NO2/c1-6-7-13-9(12)10(4,5)11-8(2)3/h8,11H,6-7H2,1-5H3. The van der Waals surface area contributed by atoms with Gasteiger partial charge in [-0.05, 0) is 34.1 Å². The minimum Gasteiger partial charge on any atom is -0.464 e. The third kappa shape index (κ3) is 4.88. The van der Waals surface area contributed by atoms with E-state index in [1.807, 2.05) is 34.6 Å². The average molecular weight is 187 g/mol. The second kappa shape index (κ2) is 5.22. The quantitative estimate of drug-likeness (QED) is 0.666. The minimum absolute atomic E-state index is 0.178. The lowest BCUT2D eigenvalue weighted by Gasteiger charge is -2.26. The Morgan fingerprint density at radius 2 is 2.00 bits per heavy atom. The molecule has 1 N–H and O–H groups in total. The molecule has 0 radical (unpaired) electrons. The van der Waals surface area contributed by atoms with Crippen LogP contribution in [0.15, 0.2) is 0 Å². The highest BCUT2D eigenvalue weighted by Gasteiger charge is 2.29. The number of carbonyl (C=O) groups is 1. The largest absolute Gasteiger partial charge is 0.464 e. The first-order valence-electron chi connectivity index (χ1n) is 4.85. The highest BCUT2D eigenvalue weighted by molar-refractivity contribution is 5.79. The first kappa shape index (κ1) is 12.4. The molecule has 0 atom stereocenters. The molecule has 0 fully saturated rings. The lowest BCUT2D eigenvalue weighted by atomic mass is 10.1. The molecule has 0 amide bonds. The topological polar surface area (TPSA) is 38.3 Å². The van der Waals surface area contributed by atoms with Gasteiger partial charge in [0.15, 0.2) is 0 Å². The van der Waals surface area contributed by atoms with Crippen molar-refractivity contribution < 1.29 is 9.53 Å². The number of rotatable bonds is 5. The van der Waals surface area contributed by atoms with Crippen molar-refractivity contribution >= 4 is 5.97 Å². The summed E-state index contributed by atoms with van der Waals surface area (Å²) in [6.45, 7) is 10.2. The first-order chi connectivity index (χ1) is 5.90. The average Bonchev–Trinajstić information content (AvgIpc) is 1.97. The van der Waals surface area contributed by atoms with Crippen molar-refractivity contribution in [2.45, 2.75) is 52.6 Å². The predicted molar refractivity (Wildman–Crippen MR) is 53.6 cm³/mol. The van der Waals surface area contributed by atoms with Crippen LogP contribution in [-0.2, 0) is 9.53 Å². The van der Waals surface area contributed by atoms with Crippen molar-refractivity contribution in [1.82, 2.24) is 5.32 Å². The fraction of sp³-hybridized carbons (Fsp3) is 0.900. The molecular weight excluding hydrogens is 166 g/mol. The molecule has 0 rings (SSSR count). The molecule has 0 aliphatic heterocycles. The molecule has 0 bridgehead atoms. The molecule has 78 valence electrons. The molecule has 3 nitrogen and oxygen atoms in total. The Balaban J connectivity index is 4.03. The van der Waals surface area contributed by atoms with E-state index in [2.05, 4.69) is 5.32 Å². The normalized spacial score (nSPS) is 11.8. The summed E-state index contributed by atoms with van der Waals surface area (Å²) in [4.78, 5) is 11.5. The number of hydrogen-bond acceptors (Lipinski definition) is 3. The summed E-state index contributed by atoms with van der Waals surface area (Å²) in [6.07, 6.45) is 0.865. The second-order valence-corrected chi connectivity index (χ2v) is 4.06. The molecule has 13 heavy (non-hydrogen) atoms. The van der Waals surface area contributed by atoms with Crippen molar-refractivity contribution in [3.63, 3.8) is 0 Å². The van der Waals surface area contributed by atoms with Crippen LogP contribution in [0.2, 0.25) is 0 Å². The van der Waals surface area contributed by atoms with Crippen LogP contribution in [0.4, 0.5) is 0 Å². The van der Waals surface area contributed by atoms with E-state index in [9.17, 15) is 4.79 Å². The van der Waals surface area contributed by atoms with Crippen LogP contribution >= 0.6 is 0 Å². The van der Waals surface area contributed by atoms with Crippen molar-refractivity contribution in [2.75, 3.05) is 6.61 Å². The van der Waals surface area contributed by atoms with Crippen LogP contribution in [0.1, 0.15) is 41.0 Å². The first-order valence-corrected chi connectivity index (χ1v) is 4.85. The number of carbonyl (C=O) groups excluding carboxylic acids is 1. The van der Waals surface area contributed by atoms with E-state index in [4.69, 9.17) is 4.74 Å². The Morgan fingerprint density at radius 1 is 1.46 bits per heavy atom. The SMILES string of the molecule is CCCOC(=O)C(C)(C)NC(C)C. The van der Waals surface area contributed by atoms with Crippen molar-refractivity contribution in [1.29, 1.82) is 0 Å². The Kier molecular flexibility index (Phi) is 4.99. The fourth-order valence-corrected chi connectivity index (χ4v) is 1.16. The lowest BCUT2D eigenvalue weighted by molar-refractivity contribution is -0.150. The Bertz CT molecular complexity index is 164. The van der Waals surface area contributed by atoms with Gasteiger partial charge in [0.2, 0.25) is 0 Å². The van der Waals surface area contributed by atoms with Gasteiger partial charge in [0.1, 0.15) is 5.54 Å². The van der Waals surface area contributed by atoms with Gasteiger partial charge in [-0.2, -0.15) is 0 Å². The van der Waals surface area contributed by atoms with E-state index in [1.54, 1.807) is 0 Å². The minimum atomic E-state index is -0.580. The molecule has 0 heterocycles. The zero-order chi connectivity index (χ0) is 10.5. The van der Waals surface area contributed by atoms with E-state index in [-0.39, 0.29) is 12.0 Å². The summed E-state index contributed by atoms with van der Waals surface area (Å²) in [5.41, 5.74) is -0.580. The van der Waals surface area contributed by atoms with Crippen LogP contribution in [0.25, 0.3) is 0 Å². The van der Waals surface area contributed by atoms with Crippen LogP contribution < -0.4 is 5.32 Å². The fourth-order valence-electron chi connectivity index (χ4n) is 1.16. The van der Waals surface area contributed by atoms with Crippen LogP contribution in [0, 0.1) is 0 Å². The second-order valence-electron chi connectivity index (χ2n) is 4.06. The zero-order valence-corrected chi connectivity index (χ0v) is 9.31. The van der Waals surface area contributed by atoms with E-state index in [1.165, 1.54) is 0 Å². The smallest absolute Gasteiger partial charge is 0.325 e. The van der Waals surface area contributed by atoms with Crippen LogP contribution in [0.3, 0.4) is 0 Å². The van der Waals surface area contributed by atoms with E-state index >= 15 is 0 Å². The zero-order valence-electron chi connectivity index (χ0n) is 9.31. The van der Waals surface area contributed by atoms with Gasteiger partial charge in [-0.15, -0.1) is 0 Å². The van der Waals surface area contributed by atoms with E-state index in [0.717, 1.165) is 6.42 Å². The van der Waals surface area contributed by atoms with Gasteiger partial charge in [-0.1, -0.05) is 6.92 Å². The Hall–Kier alpha value is -0.570. The van der Waals surface area contributed by atoms with Gasteiger partial charge in [0, 0.05) is 6.04 Å². The molecule has 0 unspecified atom stereocenters. The number of hydrogen-bond donors (Lipinski definition) is 1. The highest BCUT2D eigenvalue weighted by Crippen LogP contribution is 2.06. The monoisotopic (exact) mass is 187 g/mol. The van der Waals surface area contributed by atoms with E-state index < -0.39 is 5.54 Å². The maximum atomic E-state index is 11.5. The van der Waals surface area contributed by atoms with Gasteiger partial charge >= 0.3 is 5.97 Å². The summed E-state index contributed by atoms with van der Waals surface area (Å²) in [5.74, 6) is -0.178. The molecular formula is C10H21NO2. The lowest BCUT2D eigenvalue weighted by Crippen LogP contribution is -2.50. The molecule has 0 aromatic rings. The van der Waals surface area contributed by atoms with Crippen LogP contribution in [0.5, 0.6) is 0 Å². The molecule has 0 aliphatic rings. The Morgan fingerprint density at radius 3 is 2.38 bits per heavy atom. The molecule has 3 heteroatoms. The summed E-state index contributed by atoms with van der Waals surface area (Å²) < 4.78 is 5.06. The molecule has 0 aromatic carbocycles. The number of nitrogens with one attached hydrogen (secondary N) is 1. The third-order valence-electron chi connectivity index (χ3n) is 1.60. The third-order valence-corrected chi connectivity index (χ3v) is 1.60. The molecule has 0 aliphatic carbocycles. The van der Waals surface area contributed by atoms with E-state index in [0.29, 0.717) is 6.61 Å². The van der Waals surface area contributed by atoms with Gasteiger partial charge in [-0.3, -0.25) is 4.79 Å². The Labute approximate surface area is 80.8 Å². The van der Waals surface area contributed by atoms with Crippen molar-refractivity contribution in [2.24, 2.45) is 0 Å². The summed E-state index contributed by atoms with van der Waals surface area (Å²) in [5, 5.41) is 3.15. The highest BCUT2D eigenvalue weighted by atomic mass is 16.5. The van der Waals surface area contributed by atoms with Gasteiger partial charge in [-0.25, -0.2) is 0 Å². The molecule has 0 saturated heterocycles. The van der Waals surface area contributed by atoms with Crippen molar-refractivity contribution in [3.05, 3.63) is 0 Å². The predicted octanol–water partition coefficient (Wildman–Crippen LogP) is 1.72.